The number of Topliss-reactive ketones (excluding diaryl/α,β-unsaturated/α-hetero) is 1. The van der Waals surface area contributed by atoms with Crippen molar-refractivity contribution < 1.29 is 4.79 Å². The third-order valence-electron chi connectivity index (χ3n) is 2.45. The van der Waals surface area contributed by atoms with Crippen molar-refractivity contribution >= 4 is 17.1 Å². The molecule has 1 aromatic rings. The van der Waals surface area contributed by atoms with E-state index in [2.05, 4.69) is 13.8 Å². The molecule has 0 aliphatic carbocycles. The van der Waals surface area contributed by atoms with E-state index in [0.29, 0.717) is 0 Å². The third-order valence-corrected chi connectivity index (χ3v) is 3.62. The molecule has 0 radical (unpaired) electrons. The van der Waals surface area contributed by atoms with Crippen LogP contribution in [0.3, 0.4) is 0 Å². The Morgan fingerprint density at radius 2 is 2.00 bits per heavy atom. The van der Waals surface area contributed by atoms with Crippen LogP contribution in [0.25, 0.3) is 0 Å². The number of hydrogen-bond acceptors (Lipinski definition) is 2. The molecule has 0 saturated carbocycles. The van der Waals surface area contributed by atoms with Gasteiger partial charge >= 0.3 is 0 Å². The molecule has 0 N–H and O–H groups in total. The summed E-state index contributed by atoms with van der Waals surface area (Å²) >= 11 is 1.73. The van der Waals surface area contributed by atoms with E-state index < -0.39 is 0 Å². The van der Waals surface area contributed by atoms with E-state index in [-0.39, 0.29) is 11.7 Å². The summed E-state index contributed by atoms with van der Waals surface area (Å²) in [5.41, 5.74) is 2.24. The van der Waals surface area contributed by atoms with Gasteiger partial charge in [0.05, 0.1) is 0 Å². The van der Waals surface area contributed by atoms with E-state index >= 15 is 0 Å². The van der Waals surface area contributed by atoms with E-state index in [1.54, 1.807) is 11.3 Å². The molecule has 1 nitrogen and oxygen atoms in total. The molecule has 0 spiro atoms. The summed E-state index contributed by atoms with van der Waals surface area (Å²) in [6.45, 7) is 8.20. The molecule has 0 unspecified atom stereocenters. The Balaban J connectivity index is 3.09. The van der Waals surface area contributed by atoms with Crippen LogP contribution in [0.4, 0.5) is 0 Å². The Kier molecular flexibility index (Phi) is 3.87. The summed E-state index contributed by atoms with van der Waals surface area (Å²) in [4.78, 5) is 13.2. The monoisotopic (exact) mass is 210 g/mol. The fourth-order valence-electron chi connectivity index (χ4n) is 1.62. The number of hydrogen-bond donors (Lipinski definition) is 0. The van der Waals surface area contributed by atoms with Crippen LogP contribution >= 0.6 is 11.3 Å². The van der Waals surface area contributed by atoms with E-state index in [0.717, 1.165) is 18.4 Å². The van der Waals surface area contributed by atoms with Crippen LogP contribution < -0.4 is 0 Å². The molecule has 1 aromatic heterocycles. The quantitative estimate of drug-likeness (QED) is 0.692. The van der Waals surface area contributed by atoms with Gasteiger partial charge < -0.3 is 0 Å². The highest BCUT2D eigenvalue weighted by Crippen LogP contribution is 2.25. The molecule has 1 rings (SSSR count). The molecular weight excluding hydrogens is 192 g/mol. The second kappa shape index (κ2) is 4.74. The number of carbonyl (C=O) groups excluding carboxylic acids is 1. The van der Waals surface area contributed by atoms with Crippen LogP contribution in [0.2, 0.25) is 0 Å². The molecule has 0 aromatic carbocycles. The molecule has 1 heterocycles. The second-order valence-corrected chi connectivity index (χ2v) is 4.74. The van der Waals surface area contributed by atoms with Gasteiger partial charge in [-0.2, -0.15) is 0 Å². The fraction of sp³-hybridized carbons (Fsp3) is 0.583. The van der Waals surface area contributed by atoms with Crippen molar-refractivity contribution in [2.45, 2.75) is 40.5 Å². The highest BCUT2D eigenvalue weighted by atomic mass is 32.1. The zero-order valence-electron chi connectivity index (χ0n) is 9.39. The van der Waals surface area contributed by atoms with Gasteiger partial charge in [0.15, 0.2) is 5.78 Å². The number of aryl methyl sites for hydroxylation is 1. The summed E-state index contributed by atoms with van der Waals surface area (Å²) in [5.74, 6) is 0.400. The maximum Gasteiger partial charge on any atom is 0.166 e. The van der Waals surface area contributed by atoms with Crippen molar-refractivity contribution in [2.75, 3.05) is 0 Å². The molecule has 0 aliphatic heterocycles. The van der Waals surface area contributed by atoms with Gasteiger partial charge in [0, 0.05) is 21.7 Å². The molecule has 0 saturated heterocycles. The topological polar surface area (TPSA) is 17.1 Å². The molecule has 14 heavy (non-hydrogen) atoms. The van der Waals surface area contributed by atoms with Crippen LogP contribution in [0.15, 0.2) is 5.38 Å². The lowest BCUT2D eigenvalue weighted by molar-refractivity contribution is 0.0939. The maximum absolute atomic E-state index is 11.9. The van der Waals surface area contributed by atoms with Crippen LogP contribution in [-0.4, -0.2) is 5.78 Å². The zero-order chi connectivity index (χ0) is 10.7. The van der Waals surface area contributed by atoms with Crippen LogP contribution in [0.5, 0.6) is 0 Å². The summed E-state index contributed by atoms with van der Waals surface area (Å²) in [6.07, 6.45) is 2.01. The van der Waals surface area contributed by atoms with Crippen molar-refractivity contribution in [3.63, 3.8) is 0 Å². The van der Waals surface area contributed by atoms with Gasteiger partial charge in [-0.15, -0.1) is 11.3 Å². The molecule has 0 atom stereocenters. The lowest BCUT2D eigenvalue weighted by Crippen LogP contribution is -2.08. The summed E-state index contributed by atoms with van der Waals surface area (Å²) in [5, 5.41) is 2.03. The minimum atomic E-state index is 0.111. The van der Waals surface area contributed by atoms with Crippen molar-refractivity contribution in [1.82, 2.24) is 0 Å². The zero-order valence-corrected chi connectivity index (χ0v) is 10.2. The Hall–Kier alpha value is -0.630. The smallest absolute Gasteiger partial charge is 0.166 e. The SMILES string of the molecule is CCc1scc(C(=O)C(C)C)c1CC. The minimum absolute atomic E-state index is 0.111. The second-order valence-electron chi connectivity index (χ2n) is 3.78. The Morgan fingerprint density at radius 3 is 2.43 bits per heavy atom. The third kappa shape index (κ3) is 2.06. The van der Waals surface area contributed by atoms with Crippen molar-refractivity contribution in [2.24, 2.45) is 5.92 Å². The lowest BCUT2D eigenvalue weighted by Gasteiger charge is -2.05. The first-order chi connectivity index (χ1) is 6.61. The molecule has 0 fully saturated rings. The molecule has 2 heteroatoms. The maximum atomic E-state index is 11.9. The Labute approximate surface area is 90.2 Å². The minimum Gasteiger partial charge on any atom is -0.294 e. The average Bonchev–Trinajstić information content (AvgIpc) is 2.58. The molecule has 0 amide bonds. The predicted molar refractivity (Wildman–Crippen MR) is 62.2 cm³/mol. The van der Waals surface area contributed by atoms with Gasteiger partial charge in [0.1, 0.15) is 0 Å². The first kappa shape index (κ1) is 11.4. The number of thiophene rings is 1. The van der Waals surface area contributed by atoms with Gasteiger partial charge in [-0.05, 0) is 18.4 Å². The Bertz CT molecular complexity index is 323. The summed E-state index contributed by atoms with van der Waals surface area (Å²) < 4.78 is 0. The largest absolute Gasteiger partial charge is 0.294 e. The van der Waals surface area contributed by atoms with Crippen molar-refractivity contribution in [1.29, 1.82) is 0 Å². The van der Waals surface area contributed by atoms with Gasteiger partial charge in [0.2, 0.25) is 0 Å². The predicted octanol–water partition coefficient (Wildman–Crippen LogP) is 3.71. The molecule has 0 aliphatic rings. The van der Waals surface area contributed by atoms with Crippen molar-refractivity contribution in [3.8, 4) is 0 Å². The summed E-state index contributed by atoms with van der Waals surface area (Å²) in [6, 6.07) is 0. The van der Waals surface area contributed by atoms with Gasteiger partial charge in [-0.25, -0.2) is 0 Å². The fourth-order valence-corrected chi connectivity index (χ4v) is 2.71. The normalized spacial score (nSPS) is 10.9. The van der Waals surface area contributed by atoms with Crippen molar-refractivity contribution in [3.05, 3.63) is 21.4 Å². The first-order valence-electron chi connectivity index (χ1n) is 5.25. The molecule has 0 bridgehead atoms. The highest BCUT2D eigenvalue weighted by molar-refractivity contribution is 7.10. The Morgan fingerprint density at radius 1 is 1.36 bits per heavy atom. The van der Waals surface area contributed by atoms with E-state index in [4.69, 9.17) is 0 Å². The van der Waals surface area contributed by atoms with E-state index in [1.807, 2.05) is 19.2 Å². The van der Waals surface area contributed by atoms with Crippen LogP contribution in [0.1, 0.15) is 48.5 Å². The van der Waals surface area contributed by atoms with E-state index in [9.17, 15) is 4.79 Å². The van der Waals surface area contributed by atoms with E-state index in [1.165, 1.54) is 10.4 Å². The molecular formula is C12H18OS. The van der Waals surface area contributed by atoms with Gasteiger partial charge in [-0.1, -0.05) is 27.7 Å². The van der Waals surface area contributed by atoms with Gasteiger partial charge in [0.25, 0.3) is 0 Å². The standard InChI is InChI=1S/C12H18OS/c1-5-9-10(12(13)8(3)4)7-14-11(9)6-2/h7-8H,5-6H2,1-4H3. The van der Waals surface area contributed by atoms with Crippen LogP contribution in [-0.2, 0) is 12.8 Å². The number of rotatable bonds is 4. The average molecular weight is 210 g/mol. The lowest BCUT2D eigenvalue weighted by atomic mass is 9.97. The number of ketones is 1. The van der Waals surface area contributed by atoms with Gasteiger partial charge in [-0.3, -0.25) is 4.79 Å². The van der Waals surface area contributed by atoms with Crippen LogP contribution in [0, 0.1) is 5.92 Å². The first-order valence-corrected chi connectivity index (χ1v) is 6.13. The molecule has 78 valence electrons. The summed E-state index contributed by atoms with van der Waals surface area (Å²) in [7, 11) is 0. The highest BCUT2D eigenvalue weighted by Gasteiger charge is 2.17. The number of carbonyl (C=O) groups is 1.